The summed E-state index contributed by atoms with van der Waals surface area (Å²) in [6.07, 6.45) is 1.44. The Morgan fingerprint density at radius 3 is 2.30 bits per heavy atom. The van der Waals surface area contributed by atoms with Crippen LogP contribution in [0.5, 0.6) is 0 Å². The summed E-state index contributed by atoms with van der Waals surface area (Å²) in [5.41, 5.74) is 1.16. The molecule has 0 spiro atoms. The van der Waals surface area contributed by atoms with Crippen LogP contribution in [0.1, 0.15) is 20.2 Å². The van der Waals surface area contributed by atoms with Gasteiger partial charge in [-0.2, -0.15) is 0 Å². The molecular weight excluding hydrogens is 380 g/mol. The van der Waals surface area contributed by atoms with Gasteiger partial charge in [0.05, 0.1) is 14.9 Å². The van der Waals surface area contributed by atoms with E-state index in [4.69, 9.17) is 4.42 Å². The maximum atomic E-state index is 12.1. The fourth-order valence-electron chi connectivity index (χ4n) is 1.90. The molecule has 0 saturated carbocycles. The molecule has 0 fully saturated rings. The Hall–Kier alpha value is -2.38. The summed E-state index contributed by atoms with van der Waals surface area (Å²) in [6, 6.07) is 13.7. The summed E-state index contributed by atoms with van der Waals surface area (Å²) in [4.78, 5) is 24.7. The predicted octanol–water partition coefficient (Wildman–Crippen LogP) is 4.61. The van der Waals surface area contributed by atoms with E-state index in [1.165, 1.54) is 17.6 Å². The Bertz CT molecular complexity index is 843. The monoisotopic (exact) mass is 390 g/mol. The lowest BCUT2D eigenvalue weighted by Gasteiger charge is -2.07. The molecule has 2 heterocycles. The van der Waals surface area contributed by atoms with Gasteiger partial charge in [-0.15, -0.1) is 11.3 Å². The number of carbonyl (C=O) groups is 2. The van der Waals surface area contributed by atoms with E-state index in [0.717, 1.165) is 3.79 Å². The molecule has 0 aliphatic heterocycles. The third kappa shape index (κ3) is 3.88. The van der Waals surface area contributed by atoms with Gasteiger partial charge in [-0.05, 0) is 58.4 Å². The summed E-state index contributed by atoms with van der Waals surface area (Å²) in [5.74, 6) is -0.321. The summed E-state index contributed by atoms with van der Waals surface area (Å²) < 4.78 is 5.93. The fourth-order valence-corrected chi connectivity index (χ4v) is 3.19. The van der Waals surface area contributed by atoms with E-state index in [2.05, 4.69) is 26.6 Å². The average molecular weight is 391 g/mol. The van der Waals surface area contributed by atoms with Crippen molar-refractivity contribution in [1.82, 2.24) is 0 Å². The topological polar surface area (TPSA) is 71.3 Å². The molecule has 23 heavy (non-hydrogen) atoms. The highest BCUT2D eigenvalue weighted by molar-refractivity contribution is 9.11. The van der Waals surface area contributed by atoms with Crippen LogP contribution >= 0.6 is 27.3 Å². The largest absolute Gasteiger partial charge is 0.459 e. The van der Waals surface area contributed by atoms with E-state index in [0.29, 0.717) is 16.3 Å². The summed E-state index contributed by atoms with van der Waals surface area (Å²) in [7, 11) is 0. The zero-order valence-corrected chi connectivity index (χ0v) is 14.1. The van der Waals surface area contributed by atoms with Crippen molar-refractivity contribution in [3.05, 3.63) is 69.2 Å². The number of nitrogens with one attached hydrogen (secondary N) is 2. The number of anilines is 2. The lowest BCUT2D eigenvalue weighted by Crippen LogP contribution is -2.12. The van der Waals surface area contributed by atoms with Crippen LogP contribution in [0.15, 0.2) is 63.0 Å². The van der Waals surface area contributed by atoms with E-state index in [9.17, 15) is 9.59 Å². The molecule has 0 radical (unpaired) electrons. The van der Waals surface area contributed by atoms with Gasteiger partial charge in [-0.3, -0.25) is 9.59 Å². The zero-order valence-electron chi connectivity index (χ0n) is 11.7. The molecule has 0 aliphatic rings. The standard InChI is InChI=1S/C16H11BrN2O3S/c17-14-7-6-13(23-14)16(21)19-11-4-1-3-10(9-11)18-15(20)12-5-2-8-22-12/h1-9H,(H,18,20)(H,19,21). The van der Waals surface area contributed by atoms with Crippen LogP contribution in [0.3, 0.4) is 0 Å². The average Bonchev–Trinajstić information content (AvgIpc) is 3.18. The van der Waals surface area contributed by atoms with Gasteiger partial charge in [0.1, 0.15) is 0 Å². The van der Waals surface area contributed by atoms with Gasteiger partial charge in [0.25, 0.3) is 11.8 Å². The van der Waals surface area contributed by atoms with Gasteiger partial charge >= 0.3 is 0 Å². The second-order valence-electron chi connectivity index (χ2n) is 4.57. The van der Waals surface area contributed by atoms with Crippen LogP contribution in [-0.4, -0.2) is 11.8 Å². The van der Waals surface area contributed by atoms with Crippen LogP contribution < -0.4 is 10.6 Å². The highest BCUT2D eigenvalue weighted by Gasteiger charge is 2.11. The van der Waals surface area contributed by atoms with E-state index >= 15 is 0 Å². The molecule has 0 atom stereocenters. The van der Waals surface area contributed by atoms with E-state index < -0.39 is 0 Å². The minimum absolute atomic E-state index is 0.199. The Kier molecular flexibility index (Phi) is 4.59. The number of carbonyl (C=O) groups excluding carboxylic acids is 2. The number of amides is 2. The van der Waals surface area contributed by atoms with Crippen molar-refractivity contribution in [2.24, 2.45) is 0 Å². The molecule has 0 bridgehead atoms. The quantitative estimate of drug-likeness (QED) is 0.683. The molecule has 3 aromatic rings. The summed E-state index contributed by atoms with van der Waals surface area (Å²) in [5, 5.41) is 5.51. The Morgan fingerprint density at radius 2 is 1.70 bits per heavy atom. The third-order valence-corrected chi connectivity index (χ3v) is 4.54. The van der Waals surface area contributed by atoms with Gasteiger partial charge in [-0.25, -0.2) is 0 Å². The van der Waals surface area contributed by atoms with Gasteiger partial charge in [0.15, 0.2) is 5.76 Å². The minimum atomic E-state index is -0.347. The minimum Gasteiger partial charge on any atom is -0.459 e. The molecule has 1 aromatic carbocycles. The molecule has 7 heteroatoms. The van der Waals surface area contributed by atoms with Crippen molar-refractivity contribution in [1.29, 1.82) is 0 Å². The van der Waals surface area contributed by atoms with E-state index in [-0.39, 0.29) is 17.6 Å². The lowest BCUT2D eigenvalue weighted by molar-refractivity contribution is 0.0995. The third-order valence-electron chi connectivity index (χ3n) is 2.92. The van der Waals surface area contributed by atoms with Crippen molar-refractivity contribution in [3.63, 3.8) is 0 Å². The first-order chi connectivity index (χ1) is 11.1. The molecule has 2 amide bonds. The molecular formula is C16H11BrN2O3S. The summed E-state index contributed by atoms with van der Waals surface area (Å²) >= 11 is 4.68. The molecule has 5 nitrogen and oxygen atoms in total. The van der Waals surface area contributed by atoms with Crippen molar-refractivity contribution in [2.45, 2.75) is 0 Å². The van der Waals surface area contributed by atoms with E-state index in [1.807, 2.05) is 6.07 Å². The Morgan fingerprint density at radius 1 is 0.957 bits per heavy atom. The molecule has 0 saturated heterocycles. The SMILES string of the molecule is O=C(Nc1cccc(NC(=O)c2ccc(Br)s2)c1)c1ccco1. The maximum absolute atomic E-state index is 12.1. The van der Waals surface area contributed by atoms with Crippen molar-refractivity contribution < 1.29 is 14.0 Å². The lowest BCUT2D eigenvalue weighted by atomic mass is 10.2. The predicted molar refractivity (Wildman–Crippen MR) is 93.1 cm³/mol. The highest BCUT2D eigenvalue weighted by atomic mass is 79.9. The molecule has 0 aliphatic carbocycles. The van der Waals surface area contributed by atoms with Gasteiger partial charge in [0, 0.05) is 11.4 Å². The van der Waals surface area contributed by atoms with Gasteiger partial charge < -0.3 is 15.1 Å². The van der Waals surface area contributed by atoms with Gasteiger partial charge in [-0.1, -0.05) is 6.07 Å². The number of halogens is 1. The number of rotatable bonds is 4. The van der Waals surface area contributed by atoms with Crippen LogP contribution in [0.25, 0.3) is 0 Å². The van der Waals surface area contributed by atoms with Gasteiger partial charge in [0.2, 0.25) is 0 Å². The number of hydrogen-bond acceptors (Lipinski definition) is 4. The highest BCUT2D eigenvalue weighted by Crippen LogP contribution is 2.23. The maximum Gasteiger partial charge on any atom is 0.291 e. The number of furan rings is 1. The second kappa shape index (κ2) is 6.80. The van der Waals surface area contributed by atoms with Crippen LogP contribution in [0.2, 0.25) is 0 Å². The first-order valence-corrected chi connectivity index (χ1v) is 8.24. The smallest absolute Gasteiger partial charge is 0.291 e. The van der Waals surface area contributed by atoms with E-state index in [1.54, 1.807) is 42.5 Å². The summed E-state index contributed by atoms with van der Waals surface area (Å²) in [6.45, 7) is 0. The van der Waals surface area contributed by atoms with Crippen molar-refractivity contribution >= 4 is 50.5 Å². The molecule has 116 valence electrons. The number of benzene rings is 1. The first kappa shape index (κ1) is 15.5. The molecule has 2 aromatic heterocycles. The van der Waals surface area contributed by atoms with Crippen molar-refractivity contribution in [2.75, 3.05) is 10.6 Å². The number of thiophene rings is 1. The second-order valence-corrected chi connectivity index (χ2v) is 7.03. The normalized spacial score (nSPS) is 10.3. The molecule has 0 unspecified atom stereocenters. The van der Waals surface area contributed by atoms with Crippen molar-refractivity contribution in [3.8, 4) is 0 Å². The zero-order chi connectivity index (χ0) is 16.2. The molecule has 2 N–H and O–H groups in total. The van der Waals surface area contributed by atoms with Crippen LogP contribution in [0.4, 0.5) is 11.4 Å². The Balaban J connectivity index is 1.70. The molecule has 3 rings (SSSR count). The van der Waals surface area contributed by atoms with Crippen LogP contribution in [-0.2, 0) is 0 Å². The number of hydrogen-bond donors (Lipinski definition) is 2. The first-order valence-electron chi connectivity index (χ1n) is 6.63. The fraction of sp³-hybridized carbons (Fsp3) is 0. The van der Waals surface area contributed by atoms with Crippen LogP contribution in [0, 0.1) is 0 Å². The Labute approximate surface area is 144 Å².